The zero-order valence-electron chi connectivity index (χ0n) is 16.8. The van der Waals surface area contributed by atoms with Crippen LogP contribution in [0.15, 0.2) is 47.5 Å². The minimum Gasteiger partial charge on any atom is -0.392 e. The quantitative estimate of drug-likeness (QED) is 0.259. The van der Waals surface area contributed by atoms with Crippen LogP contribution in [0, 0.1) is 5.82 Å². The van der Waals surface area contributed by atoms with Gasteiger partial charge in [-0.05, 0) is 35.4 Å². The molecule has 0 spiro atoms. The number of halogens is 5. The summed E-state index contributed by atoms with van der Waals surface area (Å²) in [5.41, 5.74) is 0.722. The molecule has 0 saturated carbocycles. The van der Waals surface area contributed by atoms with Crippen molar-refractivity contribution in [2.24, 2.45) is 4.99 Å². The summed E-state index contributed by atoms with van der Waals surface area (Å²) >= 11 is 0. The van der Waals surface area contributed by atoms with Crippen molar-refractivity contribution in [1.82, 2.24) is 10.2 Å². The summed E-state index contributed by atoms with van der Waals surface area (Å²) in [6.45, 7) is 1.17. The average molecular weight is 553 g/mol. The molecule has 0 amide bonds. The number of alkyl halides is 3. The van der Waals surface area contributed by atoms with Gasteiger partial charge in [-0.3, -0.25) is 4.99 Å². The maximum Gasteiger partial charge on any atom is 0.416 e. The Hall–Kier alpha value is -1.92. The zero-order chi connectivity index (χ0) is 21.7. The number of aliphatic imine (C=N–C) groups is 1. The van der Waals surface area contributed by atoms with Gasteiger partial charge in [0.25, 0.3) is 0 Å². The molecule has 5 nitrogen and oxygen atoms in total. The van der Waals surface area contributed by atoms with Gasteiger partial charge in [0, 0.05) is 25.7 Å². The predicted molar refractivity (Wildman–Crippen MR) is 120 cm³/mol. The summed E-state index contributed by atoms with van der Waals surface area (Å²) in [6, 6.07) is 9.62. The number of nitrogens with zero attached hydrogens (tertiary/aromatic N) is 2. The highest BCUT2D eigenvalue weighted by atomic mass is 127. The van der Waals surface area contributed by atoms with Gasteiger partial charge < -0.3 is 20.1 Å². The van der Waals surface area contributed by atoms with Crippen LogP contribution in [0.2, 0.25) is 0 Å². The molecule has 170 valence electrons. The molecular weight excluding hydrogens is 529 g/mol. The van der Waals surface area contributed by atoms with Crippen molar-refractivity contribution in [1.29, 1.82) is 0 Å². The second-order valence-electron chi connectivity index (χ2n) is 6.91. The second-order valence-corrected chi connectivity index (χ2v) is 6.91. The van der Waals surface area contributed by atoms with Crippen molar-refractivity contribution in [3.05, 3.63) is 70.5 Å². The zero-order valence-corrected chi connectivity index (χ0v) is 19.2. The topological polar surface area (TPSA) is 57.1 Å². The summed E-state index contributed by atoms with van der Waals surface area (Å²) < 4.78 is 58.3. The maximum atomic E-state index is 13.5. The lowest BCUT2D eigenvalue weighted by Crippen LogP contribution is -2.48. The first kappa shape index (κ1) is 25.3. The number of benzene rings is 2. The number of rotatable bonds is 4. The summed E-state index contributed by atoms with van der Waals surface area (Å²) in [7, 11) is 1.61. The van der Waals surface area contributed by atoms with Gasteiger partial charge in [-0.15, -0.1) is 24.0 Å². The number of guanidine groups is 1. The highest BCUT2D eigenvalue weighted by Crippen LogP contribution is 2.32. The third-order valence-corrected chi connectivity index (χ3v) is 4.89. The Morgan fingerprint density at radius 2 is 2.03 bits per heavy atom. The monoisotopic (exact) mass is 553 g/mol. The van der Waals surface area contributed by atoms with Gasteiger partial charge in [-0.1, -0.05) is 18.2 Å². The van der Waals surface area contributed by atoms with Crippen LogP contribution in [0.4, 0.5) is 17.6 Å². The van der Waals surface area contributed by atoms with Crippen LogP contribution >= 0.6 is 24.0 Å². The Labute approximate surface area is 195 Å². The molecule has 10 heteroatoms. The molecule has 2 aromatic carbocycles. The van der Waals surface area contributed by atoms with Crippen molar-refractivity contribution in [2.45, 2.75) is 25.4 Å². The fourth-order valence-corrected chi connectivity index (χ4v) is 3.33. The minimum absolute atomic E-state index is 0. The van der Waals surface area contributed by atoms with Crippen molar-refractivity contribution in [3.8, 4) is 0 Å². The largest absolute Gasteiger partial charge is 0.416 e. The number of aliphatic hydroxyl groups is 1. The van der Waals surface area contributed by atoms with Gasteiger partial charge in [0.05, 0.1) is 25.3 Å². The highest BCUT2D eigenvalue weighted by Gasteiger charge is 2.32. The third kappa shape index (κ3) is 6.53. The van der Waals surface area contributed by atoms with E-state index in [1.54, 1.807) is 25.2 Å². The van der Waals surface area contributed by atoms with Crippen LogP contribution in [-0.4, -0.2) is 42.7 Å². The Morgan fingerprint density at radius 1 is 1.26 bits per heavy atom. The lowest BCUT2D eigenvalue weighted by atomic mass is 10.0. The standard InChI is InChI=1S/C21H23F4N3O2.HI/c1-26-20(27-11-14-5-6-18(22)16(9-14)13-29)28-7-8-30-19(12-28)15-3-2-4-17(10-15)21(23,24)25;/h2-6,9-10,19,29H,7-8,11-13H2,1H3,(H,26,27);1H. The lowest BCUT2D eigenvalue weighted by Gasteiger charge is -2.35. The smallest absolute Gasteiger partial charge is 0.392 e. The highest BCUT2D eigenvalue weighted by molar-refractivity contribution is 14.0. The first-order valence-electron chi connectivity index (χ1n) is 9.44. The Bertz CT molecular complexity index is 908. The number of morpholine rings is 1. The van der Waals surface area contributed by atoms with E-state index in [4.69, 9.17) is 4.74 Å². The normalized spacial score (nSPS) is 17.3. The van der Waals surface area contributed by atoms with Crippen molar-refractivity contribution >= 4 is 29.9 Å². The number of ether oxygens (including phenoxy) is 1. The number of aliphatic hydroxyl groups excluding tert-OH is 1. The number of hydrogen-bond donors (Lipinski definition) is 2. The molecule has 0 radical (unpaired) electrons. The molecule has 1 atom stereocenters. The van der Waals surface area contributed by atoms with Gasteiger partial charge in [0.15, 0.2) is 5.96 Å². The molecule has 1 unspecified atom stereocenters. The molecule has 0 aromatic heterocycles. The van der Waals surface area contributed by atoms with Crippen LogP contribution in [0.25, 0.3) is 0 Å². The van der Waals surface area contributed by atoms with Crippen molar-refractivity contribution < 1.29 is 27.4 Å². The van der Waals surface area contributed by atoms with Gasteiger partial charge >= 0.3 is 6.18 Å². The molecule has 31 heavy (non-hydrogen) atoms. The average Bonchev–Trinajstić information content (AvgIpc) is 2.75. The van der Waals surface area contributed by atoms with E-state index >= 15 is 0 Å². The van der Waals surface area contributed by atoms with Gasteiger partial charge in [0.2, 0.25) is 0 Å². The fraction of sp³-hybridized carbons (Fsp3) is 0.381. The van der Waals surface area contributed by atoms with E-state index < -0.39 is 30.3 Å². The molecule has 0 aliphatic carbocycles. The Balaban J connectivity index is 0.00000341. The van der Waals surface area contributed by atoms with E-state index in [9.17, 15) is 22.7 Å². The van der Waals surface area contributed by atoms with E-state index in [1.807, 2.05) is 4.90 Å². The maximum absolute atomic E-state index is 13.5. The van der Waals surface area contributed by atoms with Crippen LogP contribution in [0.3, 0.4) is 0 Å². The summed E-state index contributed by atoms with van der Waals surface area (Å²) in [4.78, 5) is 6.15. The Morgan fingerprint density at radius 3 is 2.71 bits per heavy atom. The van der Waals surface area contributed by atoms with Crippen LogP contribution in [-0.2, 0) is 24.1 Å². The molecule has 2 aromatic rings. The lowest BCUT2D eigenvalue weighted by molar-refractivity contribution is -0.137. The van der Waals surface area contributed by atoms with E-state index in [-0.39, 0.29) is 29.5 Å². The van der Waals surface area contributed by atoms with Gasteiger partial charge in [-0.2, -0.15) is 13.2 Å². The summed E-state index contributed by atoms with van der Waals surface area (Å²) in [5, 5.41) is 12.4. The van der Waals surface area contributed by atoms with Crippen LogP contribution in [0.5, 0.6) is 0 Å². The van der Waals surface area contributed by atoms with Gasteiger partial charge in [-0.25, -0.2) is 4.39 Å². The van der Waals surface area contributed by atoms with E-state index in [2.05, 4.69) is 10.3 Å². The molecule has 1 saturated heterocycles. The third-order valence-electron chi connectivity index (χ3n) is 4.89. The SMILES string of the molecule is CN=C(NCc1ccc(F)c(CO)c1)N1CCOC(c2cccc(C(F)(F)F)c2)C1.I. The van der Waals surface area contributed by atoms with E-state index in [0.29, 0.717) is 37.8 Å². The molecule has 3 rings (SSSR count). The van der Waals surface area contributed by atoms with E-state index in [0.717, 1.165) is 17.7 Å². The molecule has 1 heterocycles. The van der Waals surface area contributed by atoms with Crippen LogP contribution in [0.1, 0.15) is 28.4 Å². The first-order chi connectivity index (χ1) is 14.3. The first-order valence-corrected chi connectivity index (χ1v) is 9.44. The molecule has 0 bridgehead atoms. The minimum atomic E-state index is -4.41. The van der Waals surface area contributed by atoms with Gasteiger partial charge in [0.1, 0.15) is 11.9 Å². The van der Waals surface area contributed by atoms with Crippen LogP contribution < -0.4 is 5.32 Å². The Kier molecular flexibility index (Phi) is 9.07. The summed E-state index contributed by atoms with van der Waals surface area (Å²) in [5.74, 6) is 0.0906. The molecule has 1 aliphatic rings. The summed E-state index contributed by atoms with van der Waals surface area (Å²) in [6.07, 6.45) is -4.93. The van der Waals surface area contributed by atoms with Crippen molar-refractivity contribution in [2.75, 3.05) is 26.7 Å². The number of nitrogens with one attached hydrogen (secondary N) is 1. The predicted octanol–water partition coefficient (Wildman–Crippen LogP) is 4.10. The second kappa shape index (κ2) is 11.1. The van der Waals surface area contributed by atoms with Crippen molar-refractivity contribution in [3.63, 3.8) is 0 Å². The van der Waals surface area contributed by atoms with E-state index in [1.165, 1.54) is 12.1 Å². The molecule has 1 aliphatic heterocycles. The molecule has 1 fully saturated rings. The molecular formula is C21H24F4IN3O2. The molecule has 2 N–H and O–H groups in total. The number of hydrogen-bond acceptors (Lipinski definition) is 3. The fourth-order valence-electron chi connectivity index (χ4n) is 3.33.